The van der Waals surface area contributed by atoms with Gasteiger partial charge in [0.2, 0.25) is 11.8 Å². The van der Waals surface area contributed by atoms with Gasteiger partial charge < -0.3 is 4.74 Å². The molecule has 2 aliphatic rings. The van der Waals surface area contributed by atoms with Gasteiger partial charge in [-0.2, -0.15) is 0 Å². The third-order valence-electron chi connectivity index (χ3n) is 4.85. The van der Waals surface area contributed by atoms with Gasteiger partial charge in [-0.3, -0.25) is 24.6 Å². The fourth-order valence-electron chi connectivity index (χ4n) is 3.64. The number of amides is 2. The molecule has 3 rings (SSSR count). The number of carbonyl (C=O) groups is 3. The first-order chi connectivity index (χ1) is 10.8. The topological polar surface area (TPSA) is 75.7 Å². The number of rotatable bonds is 2. The number of imide groups is 1. The highest BCUT2D eigenvalue weighted by atomic mass is 35.5. The monoisotopic (exact) mass is 336 g/mol. The van der Waals surface area contributed by atoms with Crippen molar-refractivity contribution in [1.29, 1.82) is 0 Å². The molecule has 0 saturated carbocycles. The summed E-state index contributed by atoms with van der Waals surface area (Å²) in [4.78, 5) is 38.4. The first kappa shape index (κ1) is 16.0. The predicted octanol–water partition coefficient (Wildman–Crippen LogP) is 1.15. The normalized spacial score (nSPS) is 33.0. The summed E-state index contributed by atoms with van der Waals surface area (Å²) >= 11 is 5.91. The third-order valence-corrected chi connectivity index (χ3v) is 5.10. The van der Waals surface area contributed by atoms with Gasteiger partial charge in [-0.15, -0.1) is 0 Å². The van der Waals surface area contributed by atoms with Gasteiger partial charge in [-0.25, -0.2) is 0 Å². The molecule has 0 unspecified atom stereocenters. The van der Waals surface area contributed by atoms with Crippen molar-refractivity contribution >= 4 is 29.4 Å². The van der Waals surface area contributed by atoms with E-state index in [-0.39, 0.29) is 11.8 Å². The Kier molecular flexibility index (Phi) is 3.69. The molecule has 6 nitrogen and oxygen atoms in total. The number of nitrogens with zero attached hydrogens (tertiary/aromatic N) is 1. The van der Waals surface area contributed by atoms with Crippen LogP contribution in [0.3, 0.4) is 0 Å². The number of fused-ring (bicyclic) bond motifs is 1. The van der Waals surface area contributed by atoms with E-state index in [4.69, 9.17) is 16.3 Å². The molecule has 7 heteroatoms. The minimum Gasteiger partial charge on any atom is -0.468 e. The van der Waals surface area contributed by atoms with Crippen molar-refractivity contribution in [2.75, 3.05) is 14.2 Å². The van der Waals surface area contributed by atoms with Crippen LogP contribution in [0.15, 0.2) is 24.3 Å². The Balaban J connectivity index is 2.09. The molecule has 2 saturated heterocycles. The van der Waals surface area contributed by atoms with E-state index in [1.54, 1.807) is 31.2 Å². The van der Waals surface area contributed by atoms with Crippen molar-refractivity contribution in [1.82, 2.24) is 10.2 Å². The van der Waals surface area contributed by atoms with E-state index >= 15 is 0 Å². The zero-order valence-electron chi connectivity index (χ0n) is 13.0. The molecule has 1 aromatic carbocycles. The number of esters is 1. The Labute approximate surface area is 138 Å². The van der Waals surface area contributed by atoms with Crippen LogP contribution in [0.4, 0.5) is 0 Å². The lowest BCUT2D eigenvalue weighted by Crippen LogP contribution is -2.53. The number of hydrogen-bond donors (Lipinski definition) is 1. The fourth-order valence-corrected chi connectivity index (χ4v) is 3.77. The second-order valence-electron chi connectivity index (χ2n) is 6.11. The van der Waals surface area contributed by atoms with Crippen LogP contribution in [0.2, 0.25) is 5.02 Å². The summed E-state index contributed by atoms with van der Waals surface area (Å²) in [6.07, 6.45) is 0. The zero-order valence-corrected chi connectivity index (χ0v) is 13.8. The summed E-state index contributed by atoms with van der Waals surface area (Å²) in [5, 5.41) is 3.73. The van der Waals surface area contributed by atoms with Crippen LogP contribution in [0.5, 0.6) is 0 Å². The summed E-state index contributed by atoms with van der Waals surface area (Å²) in [6.45, 7) is 1.61. The Morgan fingerprint density at radius 1 is 1.26 bits per heavy atom. The van der Waals surface area contributed by atoms with Crippen molar-refractivity contribution in [3.63, 3.8) is 0 Å². The molecule has 2 amide bonds. The first-order valence-electron chi connectivity index (χ1n) is 7.24. The van der Waals surface area contributed by atoms with Crippen LogP contribution >= 0.6 is 11.6 Å². The fraction of sp³-hybridized carbons (Fsp3) is 0.438. The number of ether oxygens (including phenoxy) is 1. The molecule has 0 bridgehead atoms. The maximum Gasteiger partial charge on any atom is 0.326 e. The first-order valence-corrected chi connectivity index (χ1v) is 7.62. The number of methoxy groups -OCH3 is 1. The maximum absolute atomic E-state index is 12.5. The zero-order chi connectivity index (χ0) is 16.9. The highest BCUT2D eigenvalue weighted by molar-refractivity contribution is 6.30. The van der Waals surface area contributed by atoms with Crippen molar-refractivity contribution in [2.24, 2.45) is 11.8 Å². The smallest absolute Gasteiger partial charge is 0.326 e. The van der Waals surface area contributed by atoms with Crippen LogP contribution in [0.25, 0.3) is 0 Å². The van der Waals surface area contributed by atoms with E-state index in [2.05, 4.69) is 5.32 Å². The lowest BCUT2D eigenvalue weighted by atomic mass is 9.80. The van der Waals surface area contributed by atoms with E-state index in [1.807, 2.05) is 0 Å². The van der Waals surface area contributed by atoms with Gasteiger partial charge in [0.25, 0.3) is 0 Å². The van der Waals surface area contributed by atoms with E-state index in [0.29, 0.717) is 5.02 Å². The molecule has 0 spiro atoms. The molecule has 1 N–H and O–H groups in total. The average molecular weight is 337 g/mol. The minimum absolute atomic E-state index is 0.292. The van der Waals surface area contributed by atoms with Crippen LogP contribution in [0, 0.1) is 11.8 Å². The summed E-state index contributed by atoms with van der Waals surface area (Å²) in [6, 6.07) is 6.55. The molecular weight excluding hydrogens is 320 g/mol. The van der Waals surface area contributed by atoms with Crippen LogP contribution < -0.4 is 5.32 Å². The second-order valence-corrected chi connectivity index (χ2v) is 6.54. The Bertz CT molecular complexity index is 690. The molecule has 0 aromatic heterocycles. The summed E-state index contributed by atoms with van der Waals surface area (Å²) in [7, 11) is 2.71. The standard InChI is InChI=1S/C16H17ClN2O4/c1-16(15(22)23-3)11-10(13(20)19(2)14(11)21)12(18-16)8-4-6-9(17)7-5-8/h4-7,10-12,18H,1-3H3/t10-,11+,12-,16+/m0/s1. The van der Waals surface area contributed by atoms with Crippen LogP contribution in [0.1, 0.15) is 18.5 Å². The molecule has 122 valence electrons. The third kappa shape index (κ3) is 2.16. The highest BCUT2D eigenvalue weighted by Gasteiger charge is 2.66. The van der Waals surface area contributed by atoms with Gasteiger partial charge in [0.05, 0.1) is 18.9 Å². The number of benzene rings is 1. The molecule has 1 aromatic rings. The minimum atomic E-state index is -1.25. The summed E-state index contributed by atoms with van der Waals surface area (Å²) < 4.78 is 4.86. The lowest BCUT2D eigenvalue weighted by Gasteiger charge is -2.27. The molecule has 23 heavy (non-hydrogen) atoms. The number of carbonyl (C=O) groups excluding carboxylic acids is 3. The number of halogens is 1. The van der Waals surface area contributed by atoms with Crippen LogP contribution in [-0.4, -0.2) is 42.4 Å². The average Bonchev–Trinajstić information content (AvgIpc) is 2.97. The van der Waals surface area contributed by atoms with E-state index in [0.717, 1.165) is 10.5 Å². The molecular formula is C16H17ClN2O4. The summed E-state index contributed by atoms with van der Waals surface area (Å²) in [5.74, 6) is -2.64. The lowest BCUT2D eigenvalue weighted by molar-refractivity contribution is -0.152. The number of nitrogens with one attached hydrogen (secondary N) is 1. The molecule has 4 atom stereocenters. The molecule has 2 fully saturated rings. The van der Waals surface area contributed by atoms with Gasteiger partial charge in [0.15, 0.2) is 0 Å². The van der Waals surface area contributed by atoms with Gasteiger partial charge in [0, 0.05) is 18.1 Å². The van der Waals surface area contributed by atoms with Crippen LogP contribution in [-0.2, 0) is 19.1 Å². The van der Waals surface area contributed by atoms with Crippen molar-refractivity contribution < 1.29 is 19.1 Å². The van der Waals surface area contributed by atoms with E-state index in [1.165, 1.54) is 14.2 Å². The van der Waals surface area contributed by atoms with Gasteiger partial charge in [-0.05, 0) is 24.6 Å². The summed E-state index contributed by atoms with van der Waals surface area (Å²) in [5.41, 5.74) is -0.449. The molecule has 0 radical (unpaired) electrons. The highest BCUT2D eigenvalue weighted by Crippen LogP contribution is 2.48. The number of likely N-dealkylation sites (tertiary alicyclic amines) is 1. The van der Waals surface area contributed by atoms with Crippen molar-refractivity contribution in [3.8, 4) is 0 Å². The van der Waals surface area contributed by atoms with Gasteiger partial charge in [-0.1, -0.05) is 23.7 Å². The van der Waals surface area contributed by atoms with Crippen molar-refractivity contribution in [3.05, 3.63) is 34.9 Å². The van der Waals surface area contributed by atoms with Gasteiger partial charge in [0.1, 0.15) is 5.54 Å². The molecule has 0 aliphatic carbocycles. The molecule has 2 heterocycles. The second kappa shape index (κ2) is 5.32. The Hall–Kier alpha value is -1.92. The maximum atomic E-state index is 12.5. The Morgan fingerprint density at radius 3 is 2.43 bits per heavy atom. The van der Waals surface area contributed by atoms with E-state index < -0.39 is 29.4 Å². The largest absolute Gasteiger partial charge is 0.468 e. The Morgan fingerprint density at radius 2 is 1.87 bits per heavy atom. The van der Waals surface area contributed by atoms with E-state index in [9.17, 15) is 14.4 Å². The predicted molar refractivity (Wildman–Crippen MR) is 82.5 cm³/mol. The quantitative estimate of drug-likeness (QED) is 0.647. The van der Waals surface area contributed by atoms with Crippen molar-refractivity contribution in [2.45, 2.75) is 18.5 Å². The number of hydrogen-bond acceptors (Lipinski definition) is 5. The molecule has 2 aliphatic heterocycles. The van der Waals surface area contributed by atoms with Gasteiger partial charge >= 0.3 is 5.97 Å². The SMILES string of the molecule is COC(=O)[C@]1(C)N[C@@H](c2ccc(Cl)cc2)[C@H]2C(=O)N(C)C(=O)[C@@H]21.